The smallest absolute Gasteiger partial charge is 0.325 e. The van der Waals surface area contributed by atoms with Crippen molar-refractivity contribution in [1.29, 1.82) is 0 Å². The average molecular weight is 275 g/mol. The van der Waals surface area contributed by atoms with Crippen LogP contribution < -0.4 is 10.9 Å². The lowest BCUT2D eigenvalue weighted by Crippen LogP contribution is -2.36. The lowest BCUT2D eigenvalue weighted by Gasteiger charge is -2.13. The number of carboxylic acids is 2. The van der Waals surface area contributed by atoms with Gasteiger partial charge in [0, 0.05) is 0 Å². The summed E-state index contributed by atoms with van der Waals surface area (Å²) >= 11 is 4.57. The maximum Gasteiger partial charge on any atom is 0.325 e. The fourth-order valence-corrected chi connectivity index (χ4v) is 1.44. The van der Waals surface area contributed by atoms with Crippen LogP contribution in [0, 0.1) is 4.77 Å². The number of hydrogen-bond acceptors (Lipinski definition) is 6. The minimum Gasteiger partial charge on any atom is -0.494 e. The average Bonchev–Trinajstić information content (AvgIpc) is 2.20. The number of rotatable bonds is 5. The summed E-state index contributed by atoms with van der Waals surface area (Å²) in [6.45, 7) is -0.689. The fourth-order valence-electron chi connectivity index (χ4n) is 1.25. The van der Waals surface area contributed by atoms with Gasteiger partial charge in [-0.15, -0.1) is 0 Å². The van der Waals surface area contributed by atoms with Crippen molar-refractivity contribution in [2.45, 2.75) is 6.04 Å². The molecule has 1 rings (SSSR count). The maximum absolute atomic E-state index is 11.5. The molecule has 0 aliphatic heterocycles. The van der Waals surface area contributed by atoms with Crippen molar-refractivity contribution in [3.8, 4) is 5.88 Å². The Hall–Kier alpha value is -2.20. The van der Waals surface area contributed by atoms with Crippen molar-refractivity contribution < 1.29 is 24.9 Å². The highest BCUT2D eigenvalue weighted by atomic mass is 32.1. The van der Waals surface area contributed by atoms with E-state index in [0.29, 0.717) is 0 Å². The van der Waals surface area contributed by atoms with Crippen LogP contribution in [0.25, 0.3) is 0 Å². The van der Waals surface area contributed by atoms with Crippen molar-refractivity contribution in [1.82, 2.24) is 15.3 Å². The van der Waals surface area contributed by atoms with Crippen LogP contribution in [0.15, 0.2) is 4.79 Å². The Bertz CT molecular complexity index is 591. The van der Waals surface area contributed by atoms with E-state index in [0.717, 1.165) is 0 Å². The van der Waals surface area contributed by atoms with Crippen LogP contribution in [-0.4, -0.2) is 43.8 Å². The van der Waals surface area contributed by atoms with E-state index < -0.39 is 41.5 Å². The second-order valence-electron chi connectivity index (χ2n) is 3.22. The Morgan fingerprint density at radius 1 is 1.33 bits per heavy atom. The van der Waals surface area contributed by atoms with Gasteiger partial charge >= 0.3 is 11.9 Å². The summed E-state index contributed by atoms with van der Waals surface area (Å²) in [7, 11) is 0. The van der Waals surface area contributed by atoms with E-state index in [2.05, 4.69) is 27.5 Å². The van der Waals surface area contributed by atoms with Crippen LogP contribution in [0.3, 0.4) is 0 Å². The monoisotopic (exact) mass is 275 g/mol. The Balaban J connectivity index is 3.22. The molecule has 0 radical (unpaired) electrons. The molecule has 18 heavy (non-hydrogen) atoms. The fraction of sp³-hybridized carbons (Fsp3) is 0.250. The van der Waals surface area contributed by atoms with Crippen LogP contribution in [0.2, 0.25) is 0 Å². The molecule has 1 heterocycles. The second-order valence-corrected chi connectivity index (χ2v) is 3.62. The zero-order chi connectivity index (χ0) is 13.9. The van der Waals surface area contributed by atoms with Crippen molar-refractivity contribution in [2.75, 3.05) is 6.54 Å². The van der Waals surface area contributed by atoms with E-state index in [1.165, 1.54) is 0 Å². The summed E-state index contributed by atoms with van der Waals surface area (Å²) in [5.74, 6) is -3.54. The third-order valence-corrected chi connectivity index (χ3v) is 2.16. The molecular weight excluding hydrogens is 266 g/mol. The standard InChI is InChI=1S/C8H9N3O6S/c12-2(13)1-9-4(7(16)17)3-5(14)10-8(18)11-6(3)15/h4,9H,1H2,(H,12,13)(H,16,17)(H3,10,11,14,15,18). The zero-order valence-electron chi connectivity index (χ0n) is 8.76. The topological polar surface area (TPSA) is 156 Å². The quantitative estimate of drug-likeness (QED) is 0.371. The molecule has 0 aromatic carbocycles. The first-order chi connectivity index (χ1) is 8.32. The molecule has 0 aliphatic rings. The van der Waals surface area contributed by atoms with E-state index in [-0.39, 0.29) is 4.77 Å². The molecule has 0 aliphatic carbocycles. The zero-order valence-corrected chi connectivity index (χ0v) is 9.58. The highest BCUT2D eigenvalue weighted by molar-refractivity contribution is 7.71. The summed E-state index contributed by atoms with van der Waals surface area (Å²) < 4.78 is -0.177. The molecule has 0 bridgehead atoms. The molecule has 10 heteroatoms. The lowest BCUT2D eigenvalue weighted by atomic mass is 10.1. The largest absolute Gasteiger partial charge is 0.494 e. The molecule has 1 atom stereocenters. The molecule has 1 aromatic heterocycles. The SMILES string of the molecule is O=C(O)CNC(C(=O)O)c1c(O)[nH]c(=S)[nH]c1=O. The Morgan fingerprint density at radius 3 is 2.39 bits per heavy atom. The van der Waals surface area contributed by atoms with Gasteiger partial charge in [0.05, 0.1) is 6.54 Å². The molecule has 0 spiro atoms. The van der Waals surface area contributed by atoms with Crippen LogP contribution in [-0.2, 0) is 9.59 Å². The van der Waals surface area contributed by atoms with Gasteiger partial charge in [0.15, 0.2) is 4.77 Å². The third-order valence-electron chi connectivity index (χ3n) is 1.95. The van der Waals surface area contributed by atoms with Gasteiger partial charge in [-0.3, -0.25) is 24.7 Å². The Kier molecular flexibility index (Phi) is 4.18. The molecule has 0 saturated carbocycles. The number of H-pyrrole nitrogens is 2. The lowest BCUT2D eigenvalue weighted by molar-refractivity contribution is -0.140. The van der Waals surface area contributed by atoms with Crippen molar-refractivity contribution in [3.05, 3.63) is 20.7 Å². The van der Waals surface area contributed by atoms with E-state index in [9.17, 15) is 19.5 Å². The van der Waals surface area contributed by atoms with E-state index in [1.807, 2.05) is 0 Å². The molecular formula is C8H9N3O6S. The van der Waals surface area contributed by atoms with E-state index in [4.69, 9.17) is 10.2 Å². The molecule has 98 valence electrons. The van der Waals surface area contributed by atoms with Gasteiger partial charge in [0.2, 0.25) is 5.88 Å². The van der Waals surface area contributed by atoms with Crippen molar-refractivity contribution >= 4 is 24.2 Å². The predicted octanol–water partition coefficient (Wildman–Crippen LogP) is -1.06. The molecule has 1 unspecified atom stereocenters. The van der Waals surface area contributed by atoms with Crippen molar-refractivity contribution in [3.63, 3.8) is 0 Å². The molecule has 0 fully saturated rings. The molecule has 6 N–H and O–H groups in total. The molecule has 1 aromatic rings. The van der Waals surface area contributed by atoms with E-state index >= 15 is 0 Å². The minimum absolute atomic E-state index is 0.177. The van der Waals surface area contributed by atoms with Crippen LogP contribution in [0.1, 0.15) is 11.6 Å². The first-order valence-corrected chi connectivity index (χ1v) is 4.97. The molecule has 9 nitrogen and oxygen atoms in total. The number of aliphatic carboxylic acids is 2. The molecule has 0 amide bonds. The second kappa shape index (κ2) is 5.42. The highest BCUT2D eigenvalue weighted by Gasteiger charge is 2.27. The first kappa shape index (κ1) is 13.9. The van der Waals surface area contributed by atoms with E-state index in [1.54, 1.807) is 0 Å². The summed E-state index contributed by atoms with van der Waals surface area (Å²) in [6, 6.07) is -1.67. The maximum atomic E-state index is 11.5. The number of nitrogens with one attached hydrogen (secondary N) is 3. The molecule has 0 saturated heterocycles. The summed E-state index contributed by atoms with van der Waals surface area (Å²) in [6.07, 6.45) is 0. The van der Waals surface area contributed by atoms with Crippen molar-refractivity contribution in [2.24, 2.45) is 0 Å². The predicted molar refractivity (Wildman–Crippen MR) is 59.9 cm³/mol. The minimum atomic E-state index is -1.67. The van der Waals surface area contributed by atoms with Gasteiger partial charge in [-0.25, -0.2) is 0 Å². The number of hydrogen-bond donors (Lipinski definition) is 6. The number of carbonyl (C=O) groups is 2. The Labute approximate surface area is 104 Å². The van der Waals surface area contributed by atoms with Gasteiger partial charge in [0.1, 0.15) is 11.6 Å². The Morgan fingerprint density at radius 2 is 1.94 bits per heavy atom. The van der Waals surface area contributed by atoms with Crippen LogP contribution >= 0.6 is 12.2 Å². The number of aromatic amines is 2. The van der Waals surface area contributed by atoms with Crippen LogP contribution in [0.4, 0.5) is 0 Å². The number of aromatic nitrogens is 2. The summed E-state index contributed by atoms with van der Waals surface area (Å²) in [5, 5.41) is 28.9. The number of carboxylic acid groups (broad SMARTS) is 2. The third kappa shape index (κ3) is 3.15. The highest BCUT2D eigenvalue weighted by Crippen LogP contribution is 2.17. The van der Waals surface area contributed by atoms with Gasteiger partial charge in [-0.1, -0.05) is 0 Å². The van der Waals surface area contributed by atoms with Gasteiger partial charge in [-0.05, 0) is 12.2 Å². The normalized spacial score (nSPS) is 12.0. The summed E-state index contributed by atoms with van der Waals surface area (Å²) in [5.41, 5.74) is -1.46. The van der Waals surface area contributed by atoms with Crippen LogP contribution in [0.5, 0.6) is 5.88 Å². The summed E-state index contributed by atoms with van der Waals surface area (Å²) in [4.78, 5) is 37.1. The van der Waals surface area contributed by atoms with Gasteiger partial charge < -0.3 is 20.3 Å². The van der Waals surface area contributed by atoms with Gasteiger partial charge in [-0.2, -0.15) is 0 Å². The number of aromatic hydroxyl groups is 1. The van der Waals surface area contributed by atoms with Gasteiger partial charge in [0.25, 0.3) is 5.56 Å². The first-order valence-electron chi connectivity index (χ1n) is 4.56.